The highest BCUT2D eigenvalue weighted by atomic mass is 19.1. The lowest BCUT2D eigenvalue weighted by molar-refractivity contribution is 0.0522. The summed E-state index contributed by atoms with van der Waals surface area (Å²) in [6, 6.07) is 21.5. The summed E-state index contributed by atoms with van der Waals surface area (Å²) in [5.41, 5.74) is 2.87. The zero-order valence-corrected chi connectivity index (χ0v) is 19.5. The van der Waals surface area contributed by atoms with Gasteiger partial charge in [-0.1, -0.05) is 56.7 Å². The van der Waals surface area contributed by atoms with E-state index in [1.165, 1.54) is 17.0 Å². The Balaban J connectivity index is 1.26. The quantitative estimate of drug-likeness (QED) is 0.427. The van der Waals surface area contributed by atoms with Gasteiger partial charge in [0, 0.05) is 17.4 Å². The molecule has 174 valence electrons. The average molecular weight is 458 g/mol. The topological polar surface area (TPSA) is 46.6 Å². The average Bonchev–Trinajstić information content (AvgIpc) is 3.40. The van der Waals surface area contributed by atoms with E-state index >= 15 is 0 Å². The molecule has 0 unspecified atom stereocenters. The van der Waals surface area contributed by atoms with Gasteiger partial charge in [0.1, 0.15) is 11.6 Å². The van der Waals surface area contributed by atoms with Crippen molar-refractivity contribution >= 4 is 11.8 Å². The number of carbonyl (C=O) groups is 2. The molecule has 0 aromatic heterocycles. The Morgan fingerprint density at radius 1 is 0.853 bits per heavy atom. The van der Waals surface area contributed by atoms with Gasteiger partial charge in [-0.25, -0.2) is 4.39 Å². The molecule has 34 heavy (non-hydrogen) atoms. The Labute approximate surface area is 199 Å². The smallest absolute Gasteiger partial charge is 0.261 e. The SMILES string of the molecule is CC(C)(c1ccc(F)cc1)c1ccc(OC[C@@H]2CCC[C@@H]2N2C(=O)c3ccccc3C2=O)cc1. The van der Waals surface area contributed by atoms with Crippen molar-refractivity contribution in [1.82, 2.24) is 4.90 Å². The van der Waals surface area contributed by atoms with Gasteiger partial charge in [0.25, 0.3) is 11.8 Å². The van der Waals surface area contributed by atoms with Crippen LogP contribution in [-0.2, 0) is 5.41 Å². The number of nitrogens with zero attached hydrogens (tertiary/aromatic N) is 1. The molecule has 0 bridgehead atoms. The van der Waals surface area contributed by atoms with E-state index in [1.807, 2.05) is 36.4 Å². The maximum absolute atomic E-state index is 13.3. The Bertz CT molecular complexity index is 1180. The summed E-state index contributed by atoms with van der Waals surface area (Å²) in [5, 5.41) is 0. The molecule has 0 N–H and O–H groups in total. The molecule has 3 aromatic rings. The van der Waals surface area contributed by atoms with Crippen molar-refractivity contribution in [2.45, 2.75) is 44.6 Å². The van der Waals surface area contributed by atoms with Gasteiger partial charge in [-0.2, -0.15) is 0 Å². The molecular weight excluding hydrogens is 429 g/mol. The second-order valence-corrected chi connectivity index (χ2v) is 9.75. The summed E-state index contributed by atoms with van der Waals surface area (Å²) in [6.07, 6.45) is 2.70. The van der Waals surface area contributed by atoms with Crippen molar-refractivity contribution in [2.75, 3.05) is 6.61 Å². The summed E-state index contributed by atoms with van der Waals surface area (Å²) in [4.78, 5) is 27.3. The molecule has 0 spiro atoms. The number of fused-ring (bicyclic) bond motifs is 1. The Hall–Kier alpha value is -3.47. The van der Waals surface area contributed by atoms with E-state index in [0.717, 1.165) is 36.1 Å². The third-order valence-electron chi connectivity index (χ3n) is 7.38. The van der Waals surface area contributed by atoms with Gasteiger partial charge in [0.15, 0.2) is 0 Å². The molecular formula is C29H28FNO3. The molecule has 2 aliphatic rings. The Morgan fingerprint density at radius 3 is 2.00 bits per heavy atom. The van der Waals surface area contributed by atoms with E-state index in [2.05, 4.69) is 13.8 Å². The highest BCUT2D eigenvalue weighted by molar-refractivity contribution is 6.21. The van der Waals surface area contributed by atoms with E-state index in [9.17, 15) is 14.0 Å². The fraction of sp³-hybridized carbons (Fsp3) is 0.310. The third kappa shape index (κ3) is 3.89. The van der Waals surface area contributed by atoms with E-state index in [-0.39, 0.29) is 35.0 Å². The monoisotopic (exact) mass is 457 g/mol. The minimum Gasteiger partial charge on any atom is -0.493 e. The zero-order valence-electron chi connectivity index (χ0n) is 19.5. The van der Waals surface area contributed by atoms with Crippen LogP contribution in [0.3, 0.4) is 0 Å². The summed E-state index contributed by atoms with van der Waals surface area (Å²) < 4.78 is 19.4. The molecule has 0 radical (unpaired) electrons. The van der Waals surface area contributed by atoms with Gasteiger partial charge < -0.3 is 4.74 Å². The second kappa shape index (κ2) is 8.71. The standard InChI is InChI=1S/C29H28FNO3/c1-29(2,20-10-14-22(30)15-11-20)21-12-16-23(17-13-21)34-18-19-6-5-9-26(19)31-27(32)24-7-3-4-8-25(24)28(31)33/h3-4,7-8,10-17,19,26H,5-6,9,18H2,1-2H3/t19-,26-/m0/s1. The van der Waals surface area contributed by atoms with Crippen molar-refractivity contribution in [3.8, 4) is 5.75 Å². The normalized spacial score (nSPS) is 20.0. The van der Waals surface area contributed by atoms with E-state index in [1.54, 1.807) is 24.3 Å². The summed E-state index contributed by atoms with van der Waals surface area (Å²) in [5.74, 6) is 0.244. The number of hydrogen-bond acceptors (Lipinski definition) is 3. The molecule has 1 heterocycles. The largest absolute Gasteiger partial charge is 0.493 e. The Kier molecular flexibility index (Phi) is 5.72. The molecule has 5 heteroatoms. The number of rotatable bonds is 6. The first kappa shape index (κ1) is 22.3. The number of imide groups is 1. The van der Waals surface area contributed by atoms with Gasteiger partial charge in [0.2, 0.25) is 0 Å². The van der Waals surface area contributed by atoms with Gasteiger partial charge in [-0.3, -0.25) is 14.5 Å². The minimum atomic E-state index is -0.270. The molecule has 2 amide bonds. The van der Waals surface area contributed by atoms with Crippen LogP contribution in [0.25, 0.3) is 0 Å². The number of hydrogen-bond donors (Lipinski definition) is 0. The Morgan fingerprint density at radius 2 is 1.41 bits per heavy atom. The molecule has 2 atom stereocenters. The third-order valence-corrected chi connectivity index (χ3v) is 7.38. The minimum absolute atomic E-state index is 0.109. The molecule has 1 aliphatic carbocycles. The van der Waals surface area contributed by atoms with Crippen molar-refractivity contribution in [1.29, 1.82) is 0 Å². The van der Waals surface area contributed by atoms with Crippen molar-refractivity contribution < 1.29 is 18.7 Å². The molecule has 1 aliphatic heterocycles. The molecule has 0 saturated heterocycles. The fourth-order valence-corrected chi connectivity index (χ4v) is 5.26. The summed E-state index contributed by atoms with van der Waals surface area (Å²) >= 11 is 0. The summed E-state index contributed by atoms with van der Waals surface area (Å²) in [7, 11) is 0. The van der Waals surface area contributed by atoms with Crippen LogP contribution in [0.1, 0.15) is 65.0 Å². The predicted molar refractivity (Wildman–Crippen MR) is 129 cm³/mol. The van der Waals surface area contributed by atoms with Gasteiger partial charge in [0.05, 0.1) is 17.7 Å². The van der Waals surface area contributed by atoms with Crippen LogP contribution < -0.4 is 4.74 Å². The van der Waals surface area contributed by atoms with Crippen molar-refractivity contribution in [3.63, 3.8) is 0 Å². The van der Waals surface area contributed by atoms with Crippen LogP contribution in [0.4, 0.5) is 4.39 Å². The highest BCUT2D eigenvalue weighted by Crippen LogP contribution is 2.36. The second-order valence-electron chi connectivity index (χ2n) is 9.75. The number of carbonyl (C=O) groups excluding carboxylic acids is 2. The zero-order chi connectivity index (χ0) is 23.9. The van der Waals surface area contributed by atoms with Crippen molar-refractivity contribution in [2.24, 2.45) is 5.92 Å². The first-order valence-corrected chi connectivity index (χ1v) is 11.8. The maximum Gasteiger partial charge on any atom is 0.261 e. The van der Waals surface area contributed by atoms with Crippen LogP contribution >= 0.6 is 0 Å². The van der Waals surface area contributed by atoms with Gasteiger partial charge in [-0.15, -0.1) is 0 Å². The predicted octanol–water partition coefficient (Wildman–Crippen LogP) is 6.00. The number of halogens is 1. The molecule has 5 rings (SSSR count). The summed E-state index contributed by atoms with van der Waals surface area (Å²) in [6.45, 7) is 4.68. The molecule has 3 aromatic carbocycles. The van der Waals surface area contributed by atoms with Crippen molar-refractivity contribution in [3.05, 3.63) is 101 Å². The van der Waals surface area contributed by atoms with E-state index in [0.29, 0.717) is 17.7 Å². The fourth-order valence-electron chi connectivity index (χ4n) is 5.26. The lowest BCUT2D eigenvalue weighted by Gasteiger charge is -2.28. The number of benzene rings is 3. The van der Waals surface area contributed by atoms with Crippen LogP contribution in [0, 0.1) is 11.7 Å². The van der Waals surface area contributed by atoms with Crippen LogP contribution in [0.2, 0.25) is 0 Å². The number of ether oxygens (including phenoxy) is 1. The van der Waals surface area contributed by atoms with Gasteiger partial charge in [-0.05, 0) is 60.4 Å². The van der Waals surface area contributed by atoms with E-state index in [4.69, 9.17) is 4.74 Å². The first-order valence-electron chi connectivity index (χ1n) is 11.8. The van der Waals surface area contributed by atoms with Crippen LogP contribution in [0.5, 0.6) is 5.75 Å². The highest BCUT2D eigenvalue weighted by Gasteiger charge is 2.44. The maximum atomic E-state index is 13.3. The van der Waals surface area contributed by atoms with E-state index < -0.39 is 0 Å². The molecule has 1 fully saturated rings. The first-order chi connectivity index (χ1) is 16.4. The molecule has 4 nitrogen and oxygen atoms in total. The molecule has 1 saturated carbocycles. The van der Waals surface area contributed by atoms with Gasteiger partial charge >= 0.3 is 0 Å². The lowest BCUT2D eigenvalue weighted by Crippen LogP contribution is -2.43. The number of amides is 2. The van der Waals surface area contributed by atoms with Crippen LogP contribution in [0.15, 0.2) is 72.8 Å². The van der Waals surface area contributed by atoms with Crippen LogP contribution in [-0.4, -0.2) is 29.4 Å². The lowest BCUT2D eigenvalue weighted by atomic mass is 9.78.